The van der Waals surface area contributed by atoms with Crippen LogP contribution in [0.3, 0.4) is 0 Å². The second kappa shape index (κ2) is 9.93. The number of ether oxygens (including phenoxy) is 1. The largest absolute Gasteiger partial charge is 0.494 e. The fraction of sp³-hybridized carbons (Fsp3) is 0.391. The molecule has 1 fully saturated rings. The van der Waals surface area contributed by atoms with Crippen molar-refractivity contribution in [3.8, 4) is 5.75 Å². The number of unbranched alkanes of at least 4 members (excludes halogenated alkanes) is 2. The van der Waals surface area contributed by atoms with E-state index in [0.717, 1.165) is 50.9 Å². The molecule has 1 N–H and O–H groups in total. The zero-order chi connectivity index (χ0) is 19.8. The molecule has 0 atom stereocenters. The standard InChI is InChI=1S/C23H28N2O3/c1-2-3-8-17-28-19-13-11-18(12-14-19)22(26)24-21-10-5-4-9-20(21)23(27)25-15-6-7-16-25/h4-5,9-14H,2-3,6-8,15-17H2,1H3,(H,24,26). The predicted molar refractivity (Wildman–Crippen MR) is 111 cm³/mol. The number of amides is 2. The fourth-order valence-corrected chi connectivity index (χ4v) is 3.31. The molecule has 1 heterocycles. The number of benzene rings is 2. The van der Waals surface area contributed by atoms with Crippen LogP contribution in [0, 0.1) is 0 Å². The molecule has 0 bridgehead atoms. The van der Waals surface area contributed by atoms with E-state index in [1.54, 1.807) is 24.3 Å². The van der Waals surface area contributed by atoms with Crippen LogP contribution in [-0.2, 0) is 0 Å². The lowest BCUT2D eigenvalue weighted by Crippen LogP contribution is -2.28. The first-order chi connectivity index (χ1) is 13.7. The van der Waals surface area contributed by atoms with Gasteiger partial charge in [0.15, 0.2) is 0 Å². The van der Waals surface area contributed by atoms with E-state index in [4.69, 9.17) is 4.74 Å². The van der Waals surface area contributed by atoms with Crippen molar-refractivity contribution in [2.75, 3.05) is 25.0 Å². The van der Waals surface area contributed by atoms with Crippen molar-refractivity contribution in [2.24, 2.45) is 0 Å². The molecule has 0 spiro atoms. The SMILES string of the molecule is CCCCCOc1ccc(C(=O)Nc2ccccc2C(=O)N2CCCC2)cc1. The molecule has 5 nitrogen and oxygen atoms in total. The van der Waals surface area contributed by atoms with Crippen LogP contribution in [0.5, 0.6) is 5.75 Å². The van der Waals surface area contributed by atoms with Gasteiger partial charge in [-0.15, -0.1) is 0 Å². The summed E-state index contributed by atoms with van der Waals surface area (Å²) in [5.74, 6) is 0.501. The number of para-hydroxylation sites is 1. The van der Waals surface area contributed by atoms with Gasteiger partial charge < -0.3 is 15.0 Å². The second-order valence-electron chi connectivity index (χ2n) is 7.08. The summed E-state index contributed by atoms with van der Waals surface area (Å²) in [7, 11) is 0. The van der Waals surface area contributed by atoms with Crippen molar-refractivity contribution in [2.45, 2.75) is 39.0 Å². The Morgan fingerprint density at radius 3 is 2.43 bits per heavy atom. The summed E-state index contributed by atoms with van der Waals surface area (Å²) < 4.78 is 5.69. The van der Waals surface area contributed by atoms with E-state index in [2.05, 4.69) is 12.2 Å². The number of rotatable bonds is 8. The zero-order valence-electron chi connectivity index (χ0n) is 16.4. The molecule has 0 aromatic heterocycles. The third-order valence-electron chi connectivity index (χ3n) is 4.93. The maximum Gasteiger partial charge on any atom is 0.255 e. The highest BCUT2D eigenvalue weighted by Gasteiger charge is 2.22. The summed E-state index contributed by atoms with van der Waals surface area (Å²) in [6.45, 7) is 4.40. The highest BCUT2D eigenvalue weighted by molar-refractivity contribution is 6.09. The Hall–Kier alpha value is -2.82. The Kier molecular flexibility index (Phi) is 7.06. The molecule has 1 aliphatic rings. The number of hydrogen-bond donors (Lipinski definition) is 1. The van der Waals surface area contributed by atoms with E-state index >= 15 is 0 Å². The molecule has 0 aliphatic carbocycles. The summed E-state index contributed by atoms with van der Waals surface area (Å²) >= 11 is 0. The first-order valence-electron chi connectivity index (χ1n) is 10.1. The summed E-state index contributed by atoms with van der Waals surface area (Å²) in [5.41, 5.74) is 1.61. The smallest absolute Gasteiger partial charge is 0.255 e. The normalized spacial score (nSPS) is 13.4. The minimum Gasteiger partial charge on any atom is -0.494 e. The lowest BCUT2D eigenvalue weighted by Gasteiger charge is -2.18. The van der Waals surface area contributed by atoms with Crippen molar-refractivity contribution < 1.29 is 14.3 Å². The molecule has 28 heavy (non-hydrogen) atoms. The Labute approximate surface area is 166 Å². The maximum absolute atomic E-state index is 12.7. The van der Waals surface area contributed by atoms with Gasteiger partial charge in [-0.25, -0.2) is 0 Å². The second-order valence-corrected chi connectivity index (χ2v) is 7.08. The molecule has 0 radical (unpaired) electrons. The van der Waals surface area contributed by atoms with E-state index < -0.39 is 0 Å². The van der Waals surface area contributed by atoms with E-state index in [9.17, 15) is 9.59 Å². The highest BCUT2D eigenvalue weighted by Crippen LogP contribution is 2.21. The third-order valence-corrected chi connectivity index (χ3v) is 4.93. The number of hydrogen-bond acceptors (Lipinski definition) is 3. The van der Waals surface area contributed by atoms with Gasteiger partial charge >= 0.3 is 0 Å². The molecule has 2 amide bonds. The van der Waals surface area contributed by atoms with Gasteiger partial charge in [-0.05, 0) is 55.7 Å². The number of likely N-dealkylation sites (tertiary alicyclic amines) is 1. The van der Waals surface area contributed by atoms with Crippen LogP contribution in [0.4, 0.5) is 5.69 Å². The minimum absolute atomic E-state index is 0.0239. The summed E-state index contributed by atoms with van der Waals surface area (Å²) in [6.07, 6.45) is 5.40. The molecule has 1 saturated heterocycles. The maximum atomic E-state index is 12.7. The van der Waals surface area contributed by atoms with Gasteiger partial charge in [0.25, 0.3) is 11.8 Å². The number of nitrogens with zero attached hydrogens (tertiary/aromatic N) is 1. The van der Waals surface area contributed by atoms with E-state index in [-0.39, 0.29) is 11.8 Å². The van der Waals surface area contributed by atoms with Crippen LogP contribution in [0.1, 0.15) is 59.7 Å². The van der Waals surface area contributed by atoms with Crippen LogP contribution in [0.25, 0.3) is 0 Å². The summed E-state index contributed by atoms with van der Waals surface area (Å²) in [5, 5.41) is 2.88. The number of carbonyl (C=O) groups excluding carboxylic acids is 2. The Morgan fingerprint density at radius 2 is 1.71 bits per heavy atom. The molecule has 1 aliphatic heterocycles. The molecule has 148 valence electrons. The van der Waals surface area contributed by atoms with Crippen LogP contribution in [0.15, 0.2) is 48.5 Å². The van der Waals surface area contributed by atoms with E-state index in [0.29, 0.717) is 23.4 Å². The molecular formula is C23H28N2O3. The average molecular weight is 380 g/mol. The van der Waals surface area contributed by atoms with Gasteiger partial charge in [0.2, 0.25) is 0 Å². The molecule has 2 aromatic rings. The first kappa shape index (κ1) is 19.9. The van der Waals surface area contributed by atoms with Crippen LogP contribution in [0.2, 0.25) is 0 Å². The first-order valence-corrected chi connectivity index (χ1v) is 10.1. The number of nitrogens with one attached hydrogen (secondary N) is 1. The lowest BCUT2D eigenvalue weighted by molar-refractivity contribution is 0.0794. The van der Waals surface area contributed by atoms with Gasteiger partial charge in [-0.2, -0.15) is 0 Å². The van der Waals surface area contributed by atoms with E-state index in [1.807, 2.05) is 29.2 Å². The summed E-state index contributed by atoms with van der Waals surface area (Å²) in [4.78, 5) is 27.2. The topological polar surface area (TPSA) is 58.6 Å². The molecular weight excluding hydrogens is 352 g/mol. The Bertz CT molecular complexity index is 796. The van der Waals surface area contributed by atoms with Gasteiger partial charge in [-0.3, -0.25) is 9.59 Å². The van der Waals surface area contributed by atoms with Crippen molar-refractivity contribution in [3.05, 3.63) is 59.7 Å². The minimum atomic E-state index is -0.237. The fourth-order valence-electron chi connectivity index (χ4n) is 3.31. The van der Waals surface area contributed by atoms with Crippen molar-refractivity contribution in [1.29, 1.82) is 0 Å². The highest BCUT2D eigenvalue weighted by atomic mass is 16.5. The average Bonchev–Trinajstić information content (AvgIpc) is 3.26. The van der Waals surface area contributed by atoms with Gasteiger partial charge in [0.1, 0.15) is 5.75 Å². The Balaban J connectivity index is 1.64. The van der Waals surface area contributed by atoms with Crippen molar-refractivity contribution in [1.82, 2.24) is 4.90 Å². The van der Waals surface area contributed by atoms with Crippen LogP contribution in [-0.4, -0.2) is 36.4 Å². The summed E-state index contributed by atoms with van der Waals surface area (Å²) in [6, 6.07) is 14.3. The van der Waals surface area contributed by atoms with Crippen LogP contribution < -0.4 is 10.1 Å². The molecule has 2 aromatic carbocycles. The lowest BCUT2D eigenvalue weighted by atomic mass is 10.1. The monoisotopic (exact) mass is 380 g/mol. The molecule has 0 saturated carbocycles. The molecule has 0 unspecified atom stereocenters. The quantitative estimate of drug-likeness (QED) is 0.673. The number of anilines is 1. The van der Waals surface area contributed by atoms with Gasteiger partial charge in [-0.1, -0.05) is 31.9 Å². The predicted octanol–water partition coefficient (Wildman–Crippen LogP) is 4.74. The zero-order valence-corrected chi connectivity index (χ0v) is 16.4. The van der Waals surface area contributed by atoms with Crippen LogP contribution >= 0.6 is 0 Å². The van der Waals surface area contributed by atoms with Crippen molar-refractivity contribution in [3.63, 3.8) is 0 Å². The number of carbonyl (C=O) groups is 2. The Morgan fingerprint density at radius 1 is 1.00 bits per heavy atom. The van der Waals surface area contributed by atoms with Gasteiger partial charge in [0.05, 0.1) is 17.9 Å². The van der Waals surface area contributed by atoms with Gasteiger partial charge in [0, 0.05) is 18.7 Å². The molecule has 5 heteroatoms. The molecule has 3 rings (SSSR count). The third kappa shape index (κ3) is 5.12. The van der Waals surface area contributed by atoms with Crippen molar-refractivity contribution >= 4 is 17.5 Å². The van der Waals surface area contributed by atoms with E-state index in [1.165, 1.54) is 0 Å².